The molecule has 4 rings (SSSR count). The zero-order valence-corrected chi connectivity index (χ0v) is 17.2. The van der Waals surface area contributed by atoms with Crippen molar-refractivity contribution in [1.82, 2.24) is 14.5 Å². The number of ether oxygens (including phenoxy) is 1. The summed E-state index contributed by atoms with van der Waals surface area (Å²) in [6.07, 6.45) is 13.8. The van der Waals surface area contributed by atoms with Crippen molar-refractivity contribution >= 4 is 11.8 Å². The number of aromatic nitrogens is 3. The Balaban J connectivity index is 1.60. The molecule has 0 bridgehead atoms. The molecule has 0 aliphatic heterocycles. The van der Waals surface area contributed by atoms with Crippen molar-refractivity contribution in [2.24, 2.45) is 0 Å². The fourth-order valence-electron chi connectivity index (χ4n) is 3.29. The van der Waals surface area contributed by atoms with Crippen LogP contribution in [0.5, 0.6) is 5.75 Å². The average molecular weight is 392 g/mol. The van der Waals surface area contributed by atoms with E-state index in [0.717, 1.165) is 22.3 Å². The molecule has 0 saturated carbocycles. The molecule has 2 aromatic heterocycles. The molecule has 0 fully saturated rings. The first-order chi connectivity index (χ1) is 13.7. The predicted octanol–water partition coefficient (Wildman–Crippen LogP) is 5.66. The highest BCUT2D eigenvalue weighted by molar-refractivity contribution is 7.99. The van der Waals surface area contributed by atoms with Crippen LogP contribution in [0.25, 0.3) is 5.69 Å². The van der Waals surface area contributed by atoms with E-state index in [0.29, 0.717) is 11.9 Å². The summed E-state index contributed by atoms with van der Waals surface area (Å²) in [6.45, 7) is 4.68. The monoisotopic (exact) mass is 391 g/mol. The number of hydrogen-bond acceptors (Lipinski definition) is 4. The molecule has 0 radical (unpaired) electrons. The Hall–Kier alpha value is -2.53. The van der Waals surface area contributed by atoms with E-state index in [-0.39, 0.29) is 0 Å². The summed E-state index contributed by atoms with van der Waals surface area (Å²) < 4.78 is 8.26. The lowest BCUT2D eigenvalue weighted by Gasteiger charge is -2.17. The lowest BCUT2D eigenvalue weighted by molar-refractivity contribution is 0.298. The number of allylic oxidation sites excluding steroid dienone is 1. The molecule has 28 heavy (non-hydrogen) atoms. The number of benzene rings is 1. The second-order valence-corrected chi connectivity index (χ2v) is 8.34. The van der Waals surface area contributed by atoms with E-state index in [1.165, 1.54) is 30.4 Å². The standard InChI is InChI=1S/C23H25N3OS/c1-17-10-11-21(13-18(17)2)27-16-20-15-25-23(28-22-8-4-3-5-9-22)26(20)19-7-6-12-24-14-19/h4,6-8,10-15,22H,3,5,9,16H2,1-2H3. The van der Waals surface area contributed by atoms with Gasteiger partial charge < -0.3 is 4.74 Å². The van der Waals surface area contributed by atoms with E-state index in [4.69, 9.17) is 9.72 Å². The molecule has 0 amide bonds. The number of pyridine rings is 1. The Morgan fingerprint density at radius 1 is 1.18 bits per heavy atom. The smallest absolute Gasteiger partial charge is 0.173 e. The molecule has 0 spiro atoms. The van der Waals surface area contributed by atoms with E-state index >= 15 is 0 Å². The normalized spacial score (nSPS) is 16.3. The molecule has 1 atom stereocenters. The maximum atomic E-state index is 6.09. The van der Waals surface area contributed by atoms with Crippen molar-refractivity contribution in [1.29, 1.82) is 0 Å². The molecule has 1 aliphatic carbocycles. The van der Waals surface area contributed by atoms with Gasteiger partial charge in [-0.3, -0.25) is 9.55 Å². The Kier molecular flexibility index (Phi) is 5.81. The second kappa shape index (κ2) is 8.65. The lowest BCUT2D eigenvalue weighted by atomic mass is 10.1. The van der Waals surface area contributed by atoms with Crippen LogP contribution in [0.1, 0.15) is 36.1 Å². The van der Waals surface area contributed by atoms with E-state index < -0.39 is 0 Å². The van der Waals surface area contributed by atoms with Gasteiger partial charge in [-0.2, -0.15) is 0 Å². The largest absolute Gasteiger partial charge is 0.487 e. The summed E-state index contributed by atoms with van der Waals surface area (Å²) in [5, 5.41) is 1.46. The van der Waals surface area contributed by atoms with Crippen LogP contribution in [-0.2, 0) is 6.61 Å². The van der Waals surface area contributed by atoms with Crippen molar-refractivity contribution in [2.75, 3.05) is 0 Å². The minimum atomic E-state index is 0.464. The summed E-state index contributed by atoms with van der Waals surface area (Å²) in [6, 6.07) is 10.2. The summed E-state index contributed by atoms with van der Waals surface area (Å²) >= 11 is 1.81. The van der Waals surface area contributed by atoms with Crippen molar-refractivity contribution < 1.29 is 4.74 Å². The van der Waals surface area contributed by atoms with Crippen LogP contribution in [0, 0.1) is 13.8 Å². The van der Waals surface area contributed by atoms with Gasteiger partial charge in [0.25, 0.3) is 0 Å². The molecule has 5 heteroatoms. The van der Waals surface area contributed by atoms with E-state index in [9.17, 15) is 0 Å². The predicted molar refractivity (Wildman–Crippen MR) is 114 cm³/mol. The van der Waals surface area contributed by atoms with Crippen molar-refractivity contribution in [3.8, 4) is 11.4 Å². The van der Waals surface area contributed by atoms with Crippen LogP contribution in [0.15, 0.2) is 66.2 Å². The highest BCUT2D eigenvalue weighted by Crippen LogP contribution is 2.32. The lowest BCUT2D eigenvalue weighted by Crippen LogP contribution is -2.08. The first-order valence-electron chi connectivity index (χ1n) is 9.71. The fourth-order valence-corrected chi connectivity index (χ4v) is 4.48. The zero-order chi connectivity index (χ0) is 19.3. The van der Waals surface area contributed by atoms with E-state index in [1.807, 2.05) is 36.3 Å². The number of aryl methyl sites for hydroxylation is 2. The van der Waals surface area contributed by atoms with Gasteiger partial charge in [-0.15, -0.1) is 0 Å². The van der Waals surface area contributed by atoms with Crippen LogP contribution in [0.3, 0.4) is 0 Å². The van der Waals surface area contributed by atoms with Gasteiger partial charge in [0, 0.05) is 11.4 Å². The number of rotatable bonds is 6. The van der Waals surface area contributed by atoms with Crippen LogP contribution < -0.4 is 4.74 Å². The van der Waals surface area contributed by atoms with Crippen LogP contribution in [0.2, 0.25) is 0 Å². The van der Waals surface area contributed by atoms with Gasteiger partial charge in [0.15, 0.2) is 5.16 Å². The minimum Gasteiger partial charge on any atom is -0.487 e. The summed E-state index contributed by atoms with van der Waals surface area (Å²) in [4.78, 5) is 9.01. The van der Waals surface area contributed by atoms with Crippen LogP contribution >= 0.6 is 11.8 Å². The summed E-state index contributed by atoms with van der Waals surface area (Å²) in [7, 11) is 0. The fraction of sp³-hybridized carbons (Fsp3) is 0.304. The number of hydrogen-bond donors (Lipinski definition) is 0. The molecule has 1 unspecified atom stereocenters. The van der Waals surface area contributed by atoms with Crippen molar-refractivity contribution in [3.63, 3.8) is 0 Å². The van der Waals surface area contributed by atoms with Gasteiger partial charge in [0.1, 0.15) is 12.4 Å². The molecule has 3 aromatic rings. The Morgan fingerprint density at radius 2 is 2.11 bits per heavy atom. The number of nitrogens with zero attached hydrogens (tertiary/aromatic N) is 3. The van der Waals surface area contributed by atoms with Crippen LogP contribution in [-0.4, -0.2) is 19.8 Å². The van der Waals surface area contributed by atoms with Gasteiger partial charge in [0.2, 0.25) is 0 Å². The number of imidazole rings is 1. The molecule has 4 nitrogen and oxygen atoms in total. The van der Waals surface area contributed by atoms with E-state index in [1.54, 1.807) is 6.20 Å². The summed E-state index contributed by atoms with van der Waals surface area (Å²) in [5.41, 5.74) is 4.54. The Morgan fingerprint density at radius 3 is 2.86 bits per heavy atom. The zero-order valence-electron chi connectivity index (χ0n) is 16.3. The third kappa shape index (κ3) is 4.30. The van der Waals surface area contributed by atoms with Gasteiger partial charge in [-0.25, -0.2) is 4.98 Å². The third-order valence-corrected chi connectivity index (χ3v) is 6.23. The molecule has 0 saturated heterocycles. The quantitative estimate of drug-likeness (QED) is 0.508. The molecule has 1 aliphatic rings. The van der Waals surface area contributed by atoms with E-state index in [2.05, 4.69) is 53.7 Å². The first-order valence-corrected chi connectivity index (χ1v) is 10.6. The topological polar surface area (TPSA) is 39.9 Å². The highest BCUT2D eigenvalue weighted by atomic mass is 32.2. The minimum absolute atomic E-state index is 0.464. The van der Waals surface area contributed by atoms with Gasteiger partial charge in [-0.05, 0) is 68.5 Å². The molecular formula is C23H25N3OS. The molecule has 2 heterocycles. The third-order valence-electron chi connectivity index (χ3n) is 5.04. The maximum Gasteiger partial charge on any atom is 0.173 e. The number of thioether (sulfide) groups is 1. The van der Waals surface area contributed by atoms with Gasteiger partial charge in [-0.1, -0.05) is 30.0 Å². The SMILES string of the molecule is Cc1ccc(OCc2cnc(SC3C=CCCC3)n2-c2cccnc2)cc1C. The molecule has 1 aromatic carbocycles. The summed E-state index contributed by atoms with van der Waals surface area (Å²) in [5.74, 6) is 0.881. The molecule has 0 N–H and O–H groups in total. The van der Waals surface area contributed by atoms with Gasteiger partial charge >= 0.3 is 0 Å². The first kappa shape index (κ1) is 18.8. The second-order valence-electron chi connectivity index (χ2n) is 7.13. The van der Waals surface area contributed by atoms with Crippen LogP contribution in [0.4, 0.5) is 0 Å². The Labute approximate surface area is 170 Å². The molecule has 144 valence electrons. The van der Waals surface area contributed by atoms with Crippen molar-refractivity contribution in [3.05, 3.63) is 77.9 Å². The average Bonchev–Trinajstić information content (AvgIpc) is 3.12. The Bertz CT molecular complexity index is 965. The van der Waals surface area contributed by atoms with Crippen molar-refractivity contribution in [2.45, 2.75) is 50.1 Å². The maximum absolute atomic E-state index is 6.09. The molecular weight excluding hydrogens is 366 g/mol. The van der Waals surface area contributed by atoms with Gasteiger partial charge in [0.05, 0.1) is 23.8 Å². The highest BCUT2D eigenvalue weighted by Gasteiger charge is 2.18.